The van der Waals surface area contributed by atoms with Crippen LogP contribution in [-0.2, 0) is 12.4 Å². The van der Waals surface area contributed by atoms with E-state index in [9.17, 15) is 31.1 Å². The minimum atomic E-state index is -5.00. The van der Waals surface area contributed by atoms with Crippen LogP contribution in [0.4, 0.5) is 38.1 Å². The molecule has 1 amide bonds. The first-order valence-corrected chi connectivity index (χ1v) is 11.1. The van der Waals surface area contributed by atoms with E-state index in [4.69, 9.17) is 0 Å². The van der Waals surface area contributed by atoms with Crippen molar-refractivity contribution in [2.45, 2.75) is 51.0 Å². The molecular formula is C23H28ClF6N5O. The zero-order valence-corrected chi connectivity index (χ0v) is 20.7. The number of aromatic nitrogens is 2. The number of amides is 1. The van der Waals surface area contributed by atoms with Gasteiger partial charge in [-0.1, -0.05) is 0 Å². The van der Waals surface area contributed by atoms with Gasteiger partial charge in [0.15, 0.2) is 0 Å². The van der Waals surface area contributed by atoms with E-state index in [-0.39, 0.29) is 37.0 Å². The van der Waals surface area contributed by atoms with Crippen molar-refractivity contribution in [3.63, 3.8) is 0 Å². The molecule has 13 heteroatoms. The zero-order chi connectivity index (χ0) is 26.0. The van der Waals surface area contributed by atoms with Crippen molar-refractivity contribution in [2.24, 2.45) is 5.92 Å². The number of benzene rings is 1. The molecule has 0 spiro atoms. The van der Waals surface area contributed by atoms with Crippen LogP contribution in [0.15, 0.2) is 24.3 Å². The number of carbonyl (C=O) groups excluding carboxylic acids is 1. The summed E-state index contributed by atoms with van der Waals surface area (Å²) in [7, 11) is 3.77. The van der Waals surface area contributed by atoms with E-state index < -0.39 is 35.0 Å². The molecule has 0 unspecified atom stereocenters. The SMILES string of the molecule is Cc1cc(N(C)C)nc(N[C@H]2CC[C@@H](CNC(=O)c3cc(C(F)(F)F)cc(C(F)(F)F)c3)CC2)n1.Cl. The lowest BCUT2D eigenvalue weighted by Gasteiger charge is -2.29. The van der Waals surface area contributed by atoms with Gasteiger partial charge in [0.2, 0.25) is 5.95 Å². The summed E-state index contributed by atoms with van der Waals surface area (Å²) >= 11 is 0. The first kappa shape index (κ1) is 29.5. The van der Waals surface area contributed by atoms with Crippen LogP contribution in [-0.4, -0.2) is 42.6 Å². The van der Waals surface area contributed by atoms with Crippen LogP contribution in [0.25, 0.3) is 0 Å². The van der Waals surface area contributed by atoms with Gasteiger partial charge >= 0.3 is 12.4 Å². The first-order valence-electron chi connectivity index (χ1n) is 11.1. The number of carbonyl (C=O) groups is 1. The Morgan fingerprint density at radius 1 is 0.944 bits per heavy atom. The van der Waals surface area contributed by atoms with E-state index in [2.05, 4.69) is 20.6 Å². The normalized spacial score (nSPS) is 18.2. The molecule has 0 saturated heterocycles. The van der Waals surface area contributed by atoms with Crippen LogP contribution in [0.3, 0.4) is 0 Å². The monoisotopic (exact) mass is 539 g/mol. The molecule has 0 aliphatic heterocycles. The molecule has 0 radical (unpaired) electrons. The Hall–Kier alpha value is -2.76. The summed E-state index contributed by atoms with van der Waals surface area (Å²) in [4.78, 5) is 23.1. The van der Waals surface area contributed by atoms with Gasteiger partial charge in [-0.05, 0) is 56.7 Å². The Labute approximate surface area is 211 Å². The maximum absolute atomic E-state index is 13.0. The molecule has 1 fully saturated rings. The number of alkyl halides is 6. The minimum Gasteiger partial charge on any atom is -0.363 e. The molecule has 1 aromatic carbocycles. The zero-order valence-electron chi connectivity index (χ0n) is 19.9. The van der Waals surface area contributed by atoms with Crippen LogP contribution >= 0.6 is 12.4 Å². The Balaban J connectivity index is 0.00000456. The quantitative estimate of drug-likeness (QED) is 0.460. The van der Waals surface area contributed by atoms with Gasteiger partial charge in [-0.2, -0.15) is 31.3 Å². The highest BCUT2D eigenvalue weighted by atomic mass is 35.5. The largest absolute Gasteiger partial charge is 0.416 e. The second-order valence-corrected chi connectivity index (χ2v) is 8.95. The predicted octanol–water partition coefficient (Wildman–Crippen LogP) is 5.71. The maximum atomic E-state index is 13.0. The summed E-state index contributed by atoms with van der Waals surface area (Å²) in [5, 5.41) is 5.81. The van der Waals surface area contributed by atoms with E-state index in [1.807, 2.05) is 32.0 Å². The van der Waals surface area contributed by atoms with Gasteiger partial charge in [-0.15, -0.1) is 12.4 Å². The van der Waals surface area contributed by atoms with Crippen LogP contribution in [0.1, 0.15) is 52.9 Å². The second kappa shape index (κ2) is 11.5. The van der Waals surface area contributed by atoms with E-state index in [0.29, 0.717) is 18.1 Å². The summed E-state index contributed by atoms with van der Waals surface area (Å²) in [6.07, 6.45) is -7.04. The molecule has 6 nitrogen and oxygen atoms in total. The number of nitrogens with one attached hydrogen (secondary N) is 2. The molecule has 2 aromatic rings. The summed E-state index contributed by atoms with van der Waals surface area (Å²) in [6, 6.07) is 2.87. The number of rotatable bonds is 6. The molecular weight excluding hydrogens is 512 g/mol. The fourth-order valence-electron chi connectivity index (χ4n) is 3.96. The summed E-state index contributed by atoms with van der Waals surface area (Å²) < 4.78 is 78.2. The van der Waals surface area contributed by atoms with Crippen molar-refractivity contribution in [1.82, 2.24) is 15.3 Å². The Kier molecular flexibility index (Phi) is 9.44. The number of hydrogen-bond donors (Lipinski definition) is 2. The third-order valence-corrected chi connectivity index (χ3v) is 5.88. The van der Waals surface area contributed by atoms with Gasteiger partial charge < -0.3 is 15.5 Å². The maximum Gasteiger partial charge on any atom is 0.416 e. The summed E-state index contributed by atoms with van der Waals surface area (Å²) in [5.41, 5.74) is -2.87. The Morgan fingerprint density at radius 2 is 1.50 bits per heavy atom. The number of aryl methyl sites for hydroxylation is 1. The summed E-state index contributed by atoms with van der Waals surface area (Å²) in [5.74, 6) is 0.391. The smallest absolute Gasteiger partial charge is 0.363 e. The van der Waals surface area contributed by atoms with Gasteiger partial charge in [0, 0.05) is 44.0 Å². The van der Waals surface area contributed by atoms with Crippen molar-refractivity contribution in [3.8, 4) is 0 Å². The molecule has 36 heavy (non-hydrogen) atoms. The summed E-state index contributed by atoms with van der Waals surface area (Å²) in [6.45, 7) is 2.04. The molecule has 1 aliphatic rings. The second-order valence-electron chi connectivity index (χ2n) is 8.95. The van der Waals surface area contributed by atoms with Crippen LogP contribution in [0.5, 0.6) is 0 Å². The topological polar surface area (TPSA) is 70.2 Å². The fraction of sp³-hybridized carbons (Fsp3) is 0.522. The van der Waals surface area contributed by atoms with Crippen molar-refractivity contribution in [3.05, 3.63) is 46.6 Å². The van der Waals surface area contributed by atoms with E-state index in [1.165, 1.54) is 0 Å². The third-order valence-electron chi connectivity index (χ3n) is 5.88. The highest BCUT2D eigenvalue weighted by Crippen LogP contribution is 2.36. The molecule has 1 saturated carbocycles. The number of halogens is 7. The molecule has 200 valence electrons. The molecule has 1 aliphatic carbocycles. The fourth-order valence-corrected chi connectivity index (χ4v) is 3.96. The lowest BCUT2D eigenvalue weighted by Crippen LogP contribution is -2.34. The first-order chi connectivity index (χ1) is 16.2. The number of anilines is 2. The van der Waals surface area contributed by atoms with Gasteiger partial charge in [0.25, 0.3) is 5.91 Å². The number of nitrogens with zero attached hydrogens (tertiary/aromatic N) is 3. The molecule has 1 heterocycles. The average Bonchev–Trinajstić information content (AvgIpc) is 2.76. The van der Waals surface area contributed by atoms with Crippen LogP contribution in [0.2, 0.25) is 0 Å². The van der Waals surface area contributed by atoms with Crippen LogP contribution < -0.4 is 15.5 Å². The lowest BCUT2D eigenvalue weighted by molar-refractivity contribution is -0.143. The molecule has 3 rings (SSSR count). The molecule has 0 bridgehead atoms. The minimum absolute atomic E-state index is 0. The van der Waals surface area contributed by atoms with Crippen molar-refractivity contribution in [1.29, 1.82) is 0 Å². The van der Waals surface area contributed by atoms with Gasteiger partial charge in [0.1, 0.15) is 5.82 Å². The van der Waals surface area contributed by atoms with E-state index >= 15 is 0 Å². The van der Waals surface area contributed by atoms with Gasteiger partial charge in [0.05, 0.1) is 11.1 Å². The molecule has 1 aromatic heterocycles. The standard InChI is InChI=1S/C23H27F6N5O.ClH/c1-13-8-19(34(2)3)33-21(31-13)32-18-6-4-14(5-7-18)12-30-20(35)15-9-16(22(24,25)26)11-17(10-15)23(27,28)29;/h8-11,14,18H,4-7,12H2,1-3H3,(H,30,35)(H,31,32,33);1H/t14-,18+;. The van der Waals surface area contributed by atoms with Gasteiger partial charge in [-0.25, -0.2) is 4.98 Å². The lowest BCUT2D eigenvalue weighted by atomic mass is 9.86. The van der Waals surface area contributed by atoms with Crippen molar-refractivity contribution in [2.75, 3.05) is 30.9 Å². The highest BCUT2D eigenvalue weighted by Gasteiger charge is 2.37. The number of hydrogen-bond acceptors (Lipinski definition) is 5. The van der Waals surface area contributed by atoms with Crippen molar-refractivity contribution >= 4 is 30.1 Å². The average molecular weight is 540 g/mol. The van der Waals surface area contributed by atoms with Gasteiger partial charge in [-0.3, -0.25) is 4.79 Å². The van der Waals surface area contributed by atoms with Crippen LogP contribution in [0, 0.1) is 12.8 Å². The predicted molar refractivity (Wildman–Crippen MR) is 126 cm³/mol. The van der Waals surface area contributed by atoms with Crippen molar-refractivity contribution < 1.29 is 31.1 Å². The third kappa shape index (κ3) is 7.87. The Morgan fingerprint density at radius 3 is 2.00 bits per heavy atom. The highest BCUT2D eigenvalue weighted by molar-refractivity contribution is 5.94. The van der Waals surface area contributed by atoms with E-state index in [1.54, 1.807) is 0 Å². The molecule has 0 atom stereocenters. The molecule has 2 N–H and O–H groups in total. The Bertz CT molecular complexity index is 1020. The van der Waals surface area contributed by atoms with E-state index in [0.717, 1.165) is 37.2 Å².